The number of ether oxygens (including phenoxy) is 1. The van der Waals surface area contributed by atoms with E-state index in [1.807, 2.05) is 0 Å². The molecule has 43 heavy (non-hydrogen) atoms. The largest absolute Gasteiger partial charge is 0.408 e. The minimum Gasteiger partial charge on any atom is -0.408 e. The van der Waals surface area contributed by atoms with Crippen LogP contribution in [0, 0.1) is 0 Å². The molecule has 222 valence electrons. The zero-order valence-electron chi connectivity index (χ0n) is 25.6. The topological polar surface area (TPSA) is 31.0 Å². The molecular formula is C38H44O3Si2. The second-order valence-corrected chi connectivity index (χ2v) is 19.6. The number of hydrogen-bond acceptors (Lipinski definition) is 3. The van der Waals surface area contributed by atoms with Gasteiger partial charge in [-0.2, -0.15) is 0 Å². The maximum Gasteiger partial charge on any atom is 0.261 e. The summed E-state index contributed by atoms with van der Waals surface area (Å²) in [4.78, 5) is 0. The van der Waals surface area contributed by atoms with E-state index in [0.717, 1.165) is 25.7 Å². The fraction of sp³-hybridized carbons (Fsp3) is 0.316. The molecule has 0 spiro atoms. The van der Waals surface area contributed by atoms with Crippen LogP contribution in [-0.2, 0) is 13.6 Å². The van der Waals surface area contributed by atoms with Crippen molar-refractivity contribution in [2.24, 2.45) is 0 Å². The van der Waals surface area contributed by atoms with Gasteiger partial charge in [-0.15, -0.1) is 0 Å². The molecule has 3 atom stereocenters. The number of epoxide rings is 1. The monoisotopic (exact) mass is 604 g/mol. The number of fused-ring (bicyclic) bond motifs is 1. The molecule has 1 saturated heterocycles. The van der Waals surface area contributed by atoms with Crippen molar-refractivity contribution in [1.29, 1.82) is 0 Å². The predicted molar refractivity (Wildman–Crippen MR) is 183 cm³/mol. The zero-order valence-corrected chi connectivity index (χ0v) is 27.8. The molecule has 1 heterocycles. The van der Waals surface area contributed by atoms with Crippen molar-refractivity contribution in [2.45, 2.75) is 75.9 Å². The highest BCUT2D eigenvalue weighted by Gasteiger charge is 2.51. The van der Waals surface area contributed by atoms with Gasteiger partial charge in [-0.1, -0.05) is 154 Å². The molecule has 0 bridgehead atoms. The summed E-state index contributed by atoms with van der Waals surface area (Å²) < 4.78 is 19.1. The summed E-state index contributed by atoms with van der Waals surface area (Å²) >= 11 is 0. The van der Waals surface area contributed by atoms with E-state index in [0.29, 0.717) is 24.4 Å². The molecule has 3 nitrogen and oxygen atoms in total. The van der Waals surface area contributed by atoms with Crippen molar-refractivity contribution in [1.82, 2.24) is 0 Å². The molecule has 4 aromatic carbocycles. The van der Waals surface area contributed by atoms with E-state index in [1.54, 1.807) is 0 Å². The van der Waals surface area contributed by atoms with Gasteiger partial charge in [0.1, 0.15) is 0 Å². The number of hydrogen-bond donors (Lipinski definition) is 0. The summed E-state index contributed by atoms with van der Waals surface area (Å²) in [5.74, 6) is 0. The minimum absolute atomic E-state index is 0.0678. The molecule has 1 unspecified atom stereocenters. The fourth-order valence-corrected chi connectivity index (χ4v) is 13.9. The Bertz CT molecular complexity index is 1360. The van der Waals surface area contributed by atoms with Crippen LogP contribution in [0.15, 0.2) is 133 Å². The molecule has 7 rings (SSSR count). The van der Waals surface area contributed by atoms with Crippen LogP contribution in [-0.4, -0.2) is 41.8 Å². The Hall–Kier alpha value is -3.07. The van der Waals surface area contributed by atoms with Gasteiger partial charge in [0.2, 0.25) is 9.04 Å². The summed E-state index contributed by atoms with van der Waals surface area (Å²) in [5, 5.41) is 5.52. The van der Waals surface area contributed by atoms with Gasteiger partial charge in [0.15, 0.2) is 0 Å². The SMILES string of the molecule is CC(C)(C)[Si](OC1CC=CC1)(c1ccccc1)c1ccccc1.c1ccc([SiH](OC2C[C@@H]3O[C@@H]3C2)c2ccccc2)cc1. The van der Waals surface area contributed by atoms with Crippen molar-refractivity contribution in [3.05, 3.63) is 133 Å². The van der Waals surface area contributed by atoms with Crippen molar-refractivity contribution >= 4 is 38.1 Å². The van der Waals surface area contributed by atoms with Crippen LogP contribution in [0.3, 0.4) is 0 Å². The standard InChI is InChI=1S/C21H26OSi.C17H18O2Si/c1-21(2,3)23(19-14-6-4-7-15-19,20-16-8-5-9-17-20)22-18-12-10-11-13-18;1-3-7-14(8-4-1)20(15-9-5-2-6-10-15)19-13-11-16-17(12-13)18-16/h4-11,14-18H,12-13H2,1-3H3;1-10,13,16-17,20H,11-12H2/t;13?,16-,17+. The van der Waals surface area contributed by atoms with Gasteiger partial charge in [-0.3, -0.25) is 0 Å². The van der Waals surface area contributed by atoms with Gasteiger partial charge in [-0.05, 0) is 38.6 Å². The Balaban J connectivity index is 0.000000154. The third kappa shape index (κ3) is 6.87. The van der Waals surface area contributed by atoms with Crippen LogP contribution in [0.5, 0.6) is 0 Å². The summed E-state index contributed by atoms with van der Waals surface area (Å²) in [7, 11) is -3.92. The lowest BCUT2D eigenvalue weighted by atomic mass is 10.2. The maximum atomic E-state index is 7.01. The first-order valence-corrected chi connectivity index (χ1v) is 19.3. The van der Waals surface area contributed by atoms with Crippen molar-refractivity contribution in [3.8, 4) is 0 Å². The van der Waals surface area contributed by atoms with E-state index < -0.39 is 17.4 Å². The molecule has 0 aromatic heterocycles. The van der Waals surface area contributed by atoms with Gasteiger partial charge in [-0.25, -0.2) is 0 Å². The predicted octanol–water partition coefficient (Wildman–Crippen LogP) is 5.75. The van der Waals surface area contributed by atoms with Crippen LogP contribution in [0.2, 0.25) is 5.04 Å². The van der Waals surface area contributed by atoms with Crippen LogP contribution in [0.25, 0.3) is 0 Å². The molecule has 0 amide bonds. The smallest absolute Gasteiger partial charge is 0.261 e. The maximum absolute atomic E-state index is 7.01. The highest BCUT2D eigenvalue weighted by molar-refractivity contribution is 6.99. The molecule has 2 fully saturated rings. The number of rotatable bonds is 8. The van der Waals surface area contributed by atoms with Crippen molar-refractivity contribution in [3.63, 3.8) is 0 Å². The van der Waals surface area contributed by atoms with Crippen molar-refractivity contribution in [2.75, 3.05) is 0 Å². The molecule has 1 saturated carbocycles. The quantitative estimate of drug-likeness (QED) is 0.146. The fourth-order valence-electron chi connectivity index (χ4n) is 6.75. The molecule has 4 aromatic rings. The van der Waals surface area contributed by atoms with E-state index in [2.05, 4.69) is 154 Å². The zero-order chi connectivity index (χ0) is 29.7. The second-order valence-electron chi connectivity index (χ2n) is 13.0. The minimum atomic E-state index is -2.35. The molecular weight excluding hydrogens is 561 g/mol. The summed E-state index contributed by atoms with van der Waals surface area (Å²) in [6.45, 7) is 7.00. The van der Waals surface area contributed by atoms with Crippen LogP contribution in [0.4, 0.5) is 0 Å². The third-order valence-electron chi connectivity index (χ3n) is 8.94. The van der Waals surface area contributed by atoms with Gasteiger partial charge >= 0.3 is 0 Å². The lowest BCUT2D eigenvalue weighted by molar-refractivity contribution is 0.155. The Kier molecular flexibility index (Phi) is 9.26. The van der Waals surface area contributed by atoms with Crippen LogP contribution in [0.1, 0.15) is 46.5 Å². The molecule has 2 aliphatic carbocycles. The first-order chi connectivity index (χ1) is 20.9. The Morgan fingerprint density at radius 3 is 1.44 bits per heavy atom. The average Bonchev–Trinajstić information content (AvgIpc) is 3.38. The molecule has 1 aliphatic heterocycles. The van der Waals surface area contributed by atoms with E-state index in [1.165, 1.54) is 20.7 Å². The van der Waals surface area contributed by atoms with Crippen LogP contribution < -0.4 is 20.7 Å². The summed E-state index contributed by atoms with van der Waals surface area (Å²) in [5.41, 5.74) is 0. The number of benzene rings is 4. The first kappa shape index (κ1) is 30.0. The Labute approximate surface area is 260 Å². The second kappa shape index (κ2) is 13.3. The van der Waals surface area contributed by atoms with E-state index in [4.69, 9.17) is 13.6 Å². The van der Waals surface area contributed by atoms with Gasteiger partial charge in [0.05, 0.1) is 24.4 Å². The third-order valence-corrected chi connectivity index (χ3v) is 16.7. The van der Waals surface area contributed by atoms with Crippen molar-refractivity contribution < 1.29 is 13.6 Å². The molecule has 0 N–H and O–H groups in total. The summed E-state index contributed by atoms with van der Waals surface area (Å²) in [6.07, 6.45) is 10.4. The van der Waals surface area contributed by atoms with E-state index in [-0.39, 0.29) is 5.04 Å². The average molecular weight is 605 g/mol. The van der Waals surface area contributed by atoms with Gasteiger partial charge in [0, 0.05) is 12.8 Å². The van der Waals surface area contributed by atoms with E-state index in [9.17, 15) is 0 Å². The highest BCUT2D eigenvalue weighted by atomic mass is 28.4. The first-order valence-electron chi connectivity index (χ1n) is 15.8. The van der Waals surface area contributed by atoms with Crippen LogP contribution >= 0.6 is 0 Å². The lowest BCUT2D eigenvalue weighted by Gasteiger charge is -2.44. The van der Waals surface area contributed by atoms with Gasteiger partial charge < -0.3 is 13.6 Å². The lowest BCUT2D eigenvalue weighted by Crippen LogP contribution is -2.67. The normalized spacial score (nSPS) is 21.3. The Morgan fingerprint density at radius 2 is 1.02 bits per heavy atom. The molecule has 5 heteroatoms. The van der Waals surface area contributed by atoms with Gasteiger partial charge in [0.25, 0.3) is 8.32 Å². The molecule has 0 radical (unpaired) electrons. The summed E-state index contributed by atoms with van der Waals surface area (Å²) in [6, 6.07) is 43.2. The highest BCUT2D eigenvalue weighted by Crippen LogP contribution is 2.40. The Morgan fingerprint density at radius 1 is 0.605 bits per heavy atom. The molecule has 3 aliphatic rings. The van der Waals surface area contributed by atoms with E-state index >= 15 is 0 Å².